The zero-order valence-electron chi connectivity index (χ0n) is 13.1. The lowest BCUT2D eigenvalue weighted by molar-refractivity contribution is 0.102. The van der Waals surface area contributed by atoms with Gasteiger partial charge in [0.2, 0.25) is 0 Å². The van der Waals surface area contributed by atoms with Gasteiger partial charge in [0.05, 0.1) is 11.3 Å². The van der Waals surface area contributed by atoms with Crippen LogP contribution in [0.1, 0.15) is 27.3 Å². The maximum absolute atomic E-state index is 13.8. The summed E-state index contributed by atoms with van der Waals surface area (Å²) in [4.78, 5) is 16.8. The van der Waals surface area contributed by atoms with E-state index in [0.29, 0.717) is 5.56 Å². The lowest BCUT2D eigenvalue weighted by Crippen LogP contribution is -2.14. The minimum absolute atomic E-state index is 0.189. The molecule has 2 heterocycles. The largest absolute Gasteiger partial charge is 0.319 e. The molecule has 0 aliphatic carbocycles. The fourth-order valence-electron chi connectivity index (χ4n) is 2.54. The second kappa shape index (κ2) is 5.96. The average Bonchev–Trinajstić information content (AvgIpc) is 3.11. The smallest absolute Gasteiger partial charge is 0.257 e. The molecule has 0 spiro atoms. The monoisotopic (exact) mass is 329 g/mol. The van der Waals surface area contributed by atoms with Gasteiger partial charge in [0, 0.05) is 23.0 Å². The summed E-state index contributed by atoms with van der Waals surface area (Å²) in [6.45, 7) is 5.62. The van der Waals surface area contributed by atoms with E-state index in [4.69, 9.17) is 0 Å². The summed E-state index contributed by atoms with van der Waals surface area (Å²) in [6.07, 6.45) is 1.72. The molecule has 0 saturated heterocycles. The van der Waals surface area contributed by atoms with E-state index in [9.17, 15) is 9.18 Å². The number of amides is 1. The highest BCUT2D eigenvalue weighted by atomic mass is 32.1. The van der Waals surface area contributed by atoms with Crippen molar-refractivity contribution in [1.82, 2.24) is 9.55 Å². The second-order valence-corrected chi connectivity index (χ2v) is 6.25. The summed E-state index contributed by atoms with van der Waals surface area (Å²) >= 11 is 1.50. The van der Waals surface area contributed by atoms with Crippen molar-refractivity contribution in [1.29, 1.82) is 0 Å². The van der Waals surface area contributed by atoms with Crippen molar-refractivity contribution < 1.29 is 9.18 Å². The van der Waals surface area contributed by atoms with Crippen LogP contribution in [0.15, 0.2) is 35.8 Å². The summed E-state index contributed by atoms with van der Waals surface area (Å²) in [5.41, 5.74) is 3.28. The molecule has 4 nitrogen and oxygen atoms in total. The van der Waals surface area contributed by atoms with Crippen molar-refractivity contribution in [3.8, 4) is 5.13 Å². The van der Waals surface area contributed by atoms with Crippen LogP contribution in [0, 0.1) is 26.6 Å². The molecule has 23 heavy (non-hydrogen) atoms. The Labute approximate surface area is 137 Å². The van der Waals surface area contributed by atoms with Crippen molar-refractivity contribution in [2.75, 3.05) is 5.32 Å². The zero-order valence-corrected chi connectivity index (χ0v) is 13.9. The third kappa shape index (κ3) is 2.90. The average molecular weight is 329 g/mol. The molecule has 6 heteroatoms. The van der Waals surface area contributed by atoms with Crippen LogP contribution in [0.3, 0.4) is 0 Å². The number of hydrogen-bond acceptors (Lipinski definition) is 3. The van der Waals surface area contributed by atoms with Crippen LogP contribution in [0.5, 0.6) is 0 Å². The Morgan fingerprint density at radius 2 is 2.04 bits per heavy atom. The SMILES string of the molecule is Cc1ccc(F)c(NC(=O)c2cc(C)n(-c3nccs3)c2C)c1. The predicted octanol–water partition coefficient (Wildman–Crippen LogP) is 4.25. The van der Waals surface area contributed by atoms with Gasteiger partial charge in [0.25, 0.3) is 5.91 Å². The summed E-state index contributed by atoms with van der Waals surface area (Å²) in [6, 6.07) is 6.43. The maximum Gasteiger partial charge on any atom is 0.257 e. The molecule has 0 atom stereocenters. The van der Waals surface area contributed by atoms with Crippen molar-refractivity contribution in [2.24, 2.45) is 0 Å². The van der Waals surface area contributed by atoms with Gasteiger partial charge in [0.15, 0.2) is 5.13 Å². The number of aryl methyl sites for hydroxylation is 2. The number of anilines is 1. The molecule has 1 N–H and O–H groups in total. The van der Waals surface area contributed by atoms with Gasteiger partial charge in [-0.1, -0.05) is 6.07 Å². The van der Waals surface area contributed by atoms with Crippen molar-refractivity contribution in [3.05, 3.63) is 64.2 Å². The lowest BCUT2D eigenvalue weighted by atomic mass is 10.2. The highest BCUT2D eigenvalue weighted by Crippen LogP contribution is 2.24. The van der Waals surface area contributed by atoms with Gasteiger partial charge in [-0.25, -0.2) is 9.37 Å². The molecular weight excluding hydrogens is 313 g/mol. The molecule has 0 radical (unpaired) electrons. The standard InChI is InChI=1S/C17H16FN3OS/c1-10-4-5-14(18)15(8-10)20-16(22)13-9-11(2)21(12(13)3)17-19-6-7-23-17/h4-9H,1-3H3,(H,20,22). The van der Waals surface area contributed by atoms with Crippen LogP contribution in [0.25, 0.3) is 5.13 Å². The first-order valence-electron chi connectivity index (χ1n) is 7.13. The predicted molar refractivity (Wildman–Crippen MR) is 90.0 cm³/mol. The minimum atomic E-state index is -0.447. The molecule has 1 aromatic carbocycles. The highest BCUT2D eigenvalue weighted by molar-refractivity contribution is 7.12. The normalized spacial score (nSPS) is 10.8. The van der Waals surface area contributed by atoms with Crippen LogP contribution in [0.2, 0.25) is 0 Å². The quantitative estimate of drug-likeness (QED) is 0.781. The Morgan fingerprint density at radius 3 is 2.74 bits per heavy atom. The van der Waals surface area contributed by atoms with Crippen molar-refractivity contribution >= 4 is 22.9 Å². The Kier molecular flexibility index (Phi) is 4.00. The van der Waals surface area contributed by atoms with E-state index >= 15 is 0 Å². The number of rotatable bonds is 3. The summed E-state index contributed by atoms with van der Waals surface area (Å²) in [7, 11) is 0. The molecule has 3 rings (SSSR count). The van der Waals surface area contributed by atoms with Crippen LogP contribution in [-0.2, 0) is 0 Å². The number of halogens is 1. The van der Waals surface area contributed by atoms with E-state index in [-0.39, 0.29) is 11.6 Å². The Bertz CT molecular complexity index is 868. The topological polar surface area (TPSA) is 46.9 Å². The van der Waals surface area contributed by atoms with Gasteiger partial charge in [0.1, 0.15) is 5.82 Å². The van der Waals surface area contributed by atoms with E-state index in [2.05, 4.69) is 10.3 Å². The Morgan fingerprint density at radius 1 is 1.26 bits per heavy atom. The fourth-order valence-corrected chi connectivity index (χ4v) is 3.29. The second-order valence-electron chi connectivity index (χ2n) is 5.37. The third-order valence-corrected chi connectivity index (χ3v) is 4.41. The summed E-state index contributed by atoms with van der Waals surface area (Å²) in [5.74, 6) is -0.775. The molecule has 0 aliphatic rings. The number of carbonyl (C=O) groups excluding carboxylic acids is 1. The number of thiazole rings is 1. The number of carbonyl (C=O) groups is 1. The Balaban J connectivity index is 1.95. The number of nitrogens with one attached hydrogen (secondary N) is 1. The molecule has 0 saturated carbocycles. The van der Waals surface area contributed by atoms with E-state index in [1.54, 1.807) is 24.4 Å². The van der Waals surface area contributed by atoms with Gasteiger partial charge in [-0.2, -0.15) is 0 Å². The minimum Gasteiger partial charge on any atom is -0.319 e. The van der Waals surface area contributed by atoms with Crippen LogP contribution < -0.4 is 5.32 Å². The van der Waals surface area contributed by atoms with Gasteiger partial charge in [-0.3, -0.25) is 9.36 Å². The van der Waals surface area contributed by atoms with Crippen molar-refractivity contribution in [2.45, 2.75) is 20.8 Å². The van der Waals surface area contributed by atoms with Gasteiger partial charge >= 0.3 is 0 Å². The highest BCUT2D eigenvalue weighted by Gasteiger charge is 2.18. The molecule has 3 aromatic rings. The maximum atomic E-state index is 13.8. The molecule has 0 unspecified atom stereocenters. The molecule has 1 amide bonds. The van der Waals surface area contributed by atoms with E-state index < -0.39 is 5.82 Å². The molecule has 2 aromatic heterocycles. The van der Waals surface area contributed by atoms with E-state index in [1.807, 2.05) is 30.7 Å². The van der Waals surface area contributed by atoms with Crippen molar-refractivity contribution in [3.63, 3.8) is 0 Å². The van der Waals surface area contributed by atoms with E-state index in [1.165, 1.54) is 17.4 Å². The first-order chi connectivity index (χ1) is 11.0. The van der Waals surface area contributed by atoms with Gasteiger partial charge in [-0.05, 0) is 44.5 Å². The first-order valence-corrected chi connectivity index (χ1v) is 8.01. The van der Waals surface area contributed by atoms with Gasteiger partial charge in [-0.15, -0.1) is 11.3 Å². The Hall–Kier alpha value is -2.47. The summed E-state index contributed by atoms with van der Waals surface area (Å²) < 4.78 is 15.7. The number of aromatic nitrogens is 2. The third-order valence-electron chi connectivity index (χ3n) is 3.66. The van der Waals surface area contributed by atoms with Gasteiger partial charge < -0.3 is 5.32 Å². The molecule has 0 aliphatic heterocycles. The van der Waals surface area contributed by atoms with Crippen LogP contribution in [-0.4, -0.2) is 15.5 Å². The zero-order chi connectivity index (χ0) is 16.6. The van der Waals surface area contributed by atoms with Crippen LogP contribution >= 0.6 is 11.3 Å². The summed E-state index contributed by atoms with van der Waals surface area (Å²) in [5, 5.41) is 5.34. The number of nitrogens with zero attached hydrogens (tertiary/aromatic N) is 2. The lowest BCUT2D eigenvalue weighted by Gasteiger charge is -2.08. The molecular formula is C17H16FN3OS. The number of hydrogen-bond donors (Lipinski definition) is 1. The first kappa shape index (κ1) is 15.4. The molecule has 0 fully saturated rings. The van der Waals surface area contributed by atoms with Crippen LogP contribution in [0.4, 0.5) is 10.1 Å². The molecule has 0 bridgehead atoms. The molecule has 118 valence electrons. The fraction of sp³-hybridized carbons (Fsp3) is 0.176. The number of benzene rings is 1. The van der Waals surface area contributed by atoms with E-state index in [0.717, 1.165) is 22.1 Å².